The molecule has 3 nitrogen and oxygen atoms in total. The highest BCUT2D eigenvalue weighted by Gasteiger charge is 2.24. The molecule has 27 heavy (non-hydrogen) atoms. The van der Waals surface area contributed by atoms with Crippen LogP contribution in [0.5, 0.6) is 17.2 Å². The predicted octanol–water partition coefficient (Wildman–Crippen LogP) is 5.79. The molecule has 0 fully saturated rings. The van der Waals surface area contributed by atoms with E-state index in [4.69, 9.17) is 4.74 Å². The average molecular weight is 354 g/mol. The molecule has 2 N–H and O–H groups in total. The van der Waals surface area contributed by atoms with Crippen molar-refractivity contribution in [1.82, 2.24) is 0 Å². The van der Waals surface area contributed by atoms with Gasteiger partial charge in [0.15, 0.2) is 0 Å². The molecule has 0 saturated heterocycles. The molecule has 3 heteroatoms. The van der Waals surface area contributed by atoms with Gasteiger partial charge in [0.1, 0.15) is 23.9 Å². The number of hydrogen-bond acceptors (Lipinski definition) is 3. The smallest absolute Gasteiger partial charge is 0.136 e. The van der Waals surface area contributed by atoms with Crippen LogP contribution in [-0.2, 0) is 6.61 Å². The summed E-state index contributed by atoms with van der Waals surface area (Å²) in [6, 6.07) is 21.2. The Morgan fingerprint density at radius 1 is 0.778 bits per heavy atom. The fraction of sp³-hybridized carbons (Fsp3) is 0.0833. The number of ether oxygens (including phenoxy) is 1. The molecular weight excluding hydrogens is 336 g/mol. The molecule has 5 rings (SSSR count). The minimum Gasteiger partial charge on any atom is -0.508 e. The second kappa shape index (κ2) is 5.78. The van der Waals surface area contributed by atoms with Crippen molar-refractivity contribution in [3.63, 3.8) is 0 Å². The van der Waals surface area contributed by atoms with Gasteiger partial charge in [0.05, 0.1) is 0 Å². The lowest BCUT2D eigenvalue weighted by Crippen LogP contribution is -2.07. The van der Waals surface area contributed by atoms with Crippen LogP contribution >= 0.6 is 0 Å². The van der Waals surface area contributed by atoms with Crippen molar-refractivity contribution in [3.05, 3.63) is 77.9 Å². The van der Waals surface area contributed by atoms with E-state index in [9.17, 15) is 10.2 Å². The summed E-state index contributed by atoms with van der Waals surface area (Å²) in [5.41, 5.74) is 6.28. The first-order chi connectivity index (χ1) is 13.1. The van der Waals surface area contributed by atoms with E-state index in [1.807, 2.05) is 24.3 Å². The van der Waals surface area contributed by atoms with Gasteiger partial charge in [0, 0.05) is 16.7 Å². The number of phenolic OH excluding ortho intramolecular Hbond substituents is 2. The van der Waals surface area contributed by atoms with Crippen molar-refractivity contribution in [2.24, 2.45) is 0 Å². The number of hydrogen-bond donors (Lipinski definition) is 2. The van der Waals surface area contributed by atoms with E-state index in [1.54, 1.807) is 24.3 Å². The summed E-state index contributed by atoms with van der Waals surface area (Å²) >= 11 is 0. The summed E-state index contributed by atoms with van der Waals surface area (Å²) in [5, 5.41) is 21.9. The highest BCUT2D eigenvalue weighted by atomic mass is 16.5. The zero-order valence-corrected chi connectivity index (χ0v) is 14.9. The van der Waals surface area contributed by atoms with Crippen LogP contribution in [0.25, 0.3) is 33.0 Å². The molecule has 132 valence electrons. The van der Waals surface area contributed by atoms with Crippen molar-refractivity contribution < 1.29 is 14.9 Å². The van der Waals surface area contributed by atoms with Crippen LogP contribution in [0.3, 0.4) is 0 Å². The van der Waals surface area contributed by atoms with Gasteiger partial charge in [-0.25, -0.2) is 0 Å². The Balaban J connectivity index is 1.92. The maximum absolute atomic E-state index is 10.1. The summed E-state index contributed by atoms with van der Waals surface area (Å²) in [5.74, 6) is 1.30. The summed E-state index contributed by atoms with van der Waals surface area (Å²) < 4.78 is 6.20. The van der Waals surface area contributed by atoms with Crippen LogP contribution in [0.15, 0.2) is 66.7 Å². The van der Waals surface area contributed by atoms with E-state index in [1.165, 1.54) is 0 Å². The molecule has 4 aromatic carbocycles. The normalized spacial score (nSPS) is 12.3. The largest absolute Gasteiger partial charge is 0.508 e. The Hall–Kier alpha value is -3.46. The van der Waals surface area contributed by atoms with Crippen LogP contribution in [-0.4, -0.2) is 10.2 Å². The number of aromatic hydroxyl groups is 2. The summed E-state index contributed by atoms with van der Waals surface area (Å²) in [6.45, 7) is 2.48. The first kappa shape index (κ1) is 15.8. The number of phenols is 2. The second-order valence-corrected chi connectivity index (χ2v) is 6.98. The minimum absolute atomic E-state index is 0.235. The van der Waals surface area contributed by atoms with E-state index < -0.39 is 0 Å². The van der Waals surface area contributed by atoms with Crippen molar-refractivity contribution in [3.8, 4) is 39.5 Å². The highest BCUT2D eigenvalue weighted by molar-refractivity contribution is 6.06. The Morgan fingerprint density at radius 2 is 1.56 bits per heavy atom. The number of rotatable bonds is 1. The Morgan fingerprint density at radius 3 is 2.41 bits per heavy atom. The first-order valence-electron chi connectivity index (χ1n) is 8.92. The Bertz CT molecular complexity index is 1210. The molecule has 1 heterocycles. The number of fused-ring (bicyclic) bond motifs is 4. The molecule has 1 aliphatic rings. The molecule has 1 aliphatic heterocycles. The number of aryl methyl sites for hydroxylation is 1. The van der Waals surface area contributed by atoms with E-state index >= 15 is 0 Å². The van der Waals surface area contributed by atoms with Gasteiger partial charge in [-0.3, -0.25) is 0 Å². The van der Waals surface area contributed by atoms with Gasteiger partial charge >= 0.3 is 0 Å². The van der Waals surface area contributed by atoms with E-state index in [0.717, 1.165) is 49.9 Å². The van der Waals surface area contributed by atoms with Crippen molar-refractivity contribution in [2.75, 3.05) is 0 Å². The standard InChI is InChI=1S/C24H18O3/c1-14-4-2-3-5-19(14)23-21-12-18(26)7-6-15(21)11-22-20-9-8-17(25)10-16(20)13-27-24(22)23/h2-12,25-26H,13H2,1H3. The topological polar surface area (TPSA) is 49.7 Å². The van der Waals surface area contributed by atoms with E-state index in [2.05, 4.69) is 25.1 Å². The fourth-order valence-electron chi connectivity index (χ4n) is 3.95. The van der Waals surface area contributed by atoms with E-state index in [0.29, 0.717) is 6.61 Å². The molecule has 0 atom stereocenters. The van der Waals surface area contributed by atoms with Gasteiger partial charge < -0.3 is 14.9 Å². The zero-order valence-electron chi connectivity index (χ0n) is 14.9. The minimum atomic E-state index is 0.235. The molecule has 0 bridgehead atoms. The zero-order chi connectivity index (χ0) is 18.5. The van der Waals surface area contributed by atoms with E-state index in [-0.39, 0.29) is 11.5 Å². The average Bonchev–Trinajstić information content (AvgIpc) is 2.66. The van der Waals surface area contributed by atoms with Crippen LogP contribution < -0.4 is 4.74 Å². The molecule has 4 aromatic rings. The second-order valence-electron chi connectivity index (χ2n) is 6.98. The SMILES string of the molecule is Cc1ccccc1-c1c2c(cc3ccc(O)cc13)-c1ccc(O)cc1CO2. The van der Waals surface area contributed by atoms with Crippen molar-refractivity contribution in [1.29, 1.82) is 0 Å². The molecule has 0 spiro atoms. The number of benzene rings is 4. The van der Waals surface area contributed by atoms with Crippen LogP contribution in [0, 0.1) is 6.92 Å². The van der Waals surface area contributed by atoms with Crippen LogP contribution in [0.2, 0.25) is 0 Å². The van der Waals surface area contributed by atoms with Gasteiger partial charge in [-0.1, -0.05) is 36.4 Å². The molecule has 0 amide bonds. The summed E-state index contributed by atoms with van der Waals surface area (Å²) in [4.78, 5) is 0. The van der Waals surface area contributed by atoms with Gasteiger partial charge in [0.2, 0.25) is 0 Å². The third kappa shape index (κ3) is 2.43. The molecule has 0 radical (unpaired) electrons. The third-order valence-electron chi connectivity index (χ3n) is 5.24. The maximum atomic E-state index is 10.1. The lowest BCUT2D eigenvalue weighted by atomic mass is 9.87. The molecule has 0 unspecified atom stereocenters. The van der Waals surface area contributed by atoms with Crippen molar-refractivity contribution >= 4 is 10.8 Å². The predicted molar refractivity (Wildman–Crippen MR) is 107 cm³/mol. The highest BCUT2D eigenvalue weighted by Crippen LogP contribution is 2.49. The maximum Gasteiger partial charge on any atom is 0.136 e. The quantitative estimate of drug-likeness (QED) is 0.455. The Kier molecular flexibility index (Phi) is 3.37. The van der Waals surface area contributed by atoms with Gasteiger partial charge in [-0.15, -0.1) is 0 Å². The van der Waals surface area contributed by atoms with Crippen molar-refractivity contribution in [2.45, 2.75) is 13.5 Å². The van der Waals surface area contributed by atoms with Crippen LogP contribution in [0.4, 0.5) is 0 Å². The lowest BCUT2D eigenvalue weighted by molar-refractivity contribution is 0.303. The summed E-state index contributed by atoms with van der Waals surface area (Å²) in [7, 11) is 0. The monoisotopic (exact) mass is 354 g/mol. The molecule has 0 aromatic heterocycles. The molecule has 0 saturated carbocycles. The molecular formula is C24H18O3. The third-order valence-corrected chi connectivity index (χ3v) is 5.24. The van der Waals surface area contributed by atoms with Crippen LogP contribution in [0.1, 0.15) is 11.1 Å². The first-order valence-corrected chi connectivity index (χ1v) is 8.92. The van der Waals surface area contributed by atoms with Gasteiger partial charge in [-0.05, 0) is 64.7 Å². The fourth-order valence-corrected chi connectivity index (χ4v) is 3.95. The van der Waals surface area contributed by atoms with Gasteiger partial charge in [-0.2, -0.15) is 0 Å². The molecule has 0 aliphatic carbocycles. The van der Waals surface area contributed by atoms with Gasteiger partial charge in [0.25, 0.3) is 0 Å². The Labute approximate surface area is 157 Å². The summed E-state index contributed by atoms with van der Waals surface area (Å²) in [6.07, 6.45) is 0. The lowest BCUT2D eigenvalue weighted by Gasteiger charge is -2.25.